The third-order valence-corrected chi connectivity index (χ3v) is 8.97. The Labute approximate surface area is 176 Å². The summed E-state index contributed by atoms with van der Waals surface area (Å²) in [6.07, 6.45) is 9.08. The van der Waals surface area contributed by atoms with Crippen LogP contribution in [-0.2, 0) is 19.1 Å². The van der Waals surface area contributed by atoms with Gasteiger partial charge in [0, 0.05) is 19.8 Å². The fourth-order valence-corrected chi connectivity index (χ4v) is 7.17. The summed E-state index contributed by atoms with van der Waals surface area (Å²) >= 11 is 0. The van der Waals surface area contributed by atoms with Crippen LogP contribution in [0.25, 0.3) is 0 Å². The lowest BCUT2D eigenvalue weighted by Gasteiger charge is -2.54. The predicted molar refractivity (Wildman–Crippen MR) is 114 cm³/mol. The molecule has 7 atom stereocenters. The van der Waals surface area contributed by atoms with Gasteiger partial charge in [-0.3, -0.25) is 9.59 Å². The molecule has 0 radical (unpaired) electrons. The summed E-state index contributed by atoms with van der Waals surface area (Å²) in [6.45, 7) is 14.8. The van der Waals surface area contributed by atoms with Crippen molar-refractivity contribution in [1.82, 2.24) is 0 Å². The topological polar surface area (TPSA) is 52.6 Å². The molecule has 0 aromatic carbocycles. The number of rotatable bonds is 5. The summed E-state index contributed by atoms with van der Waals surface area (Å²) in [7, 11) is 0. The van der Waals surface area contributed by atoms with Crippen LogP contribution < -0.4 is 0 Å². The van der Waals surface area contributed by atoms with E-state index in [2.05, 4.69) is 27.4 Å². The van der Waals surface area contributed by atoms with E-state index < -0.39 is 0 Å². The highest BCUT2D eigenvalue weighted by molar-refractivity contribution is 5.66. The molecule has 3 aliphatic carbocycles. The van der Waals surface area contributed by atoms with Gasteiger partial charge < -0.3 is 9.47 Å². The quantitative estimate of drug-likeness (QED) is 0.436. The highest BCUT2D eigenvalue weighted by Crippen LogP contribution is 2.62. The van der Waals surface area contributed by atoms with Gasteiger partial charge in [-0.15, -0.1) is 0 Å². The highest BCUT2D eigenvalue weighted by atomic mass is 16.5. The molecule has 0 aliphatic heterocycles. The lowest BCUT2D eigenvalue weighted by atomic mass is 9.52. The van der Waals surface area contributed by atoms with E-state index in [-0.39, 0.29) is 29.4 Å². The first-order chi connectivity index (χ1) is 13.6. The molecule has 2 unspecified atom stereocenters. The summed E-state index contributed by atoms with van der Waals surface area (Å²) in [5.74, 6) is 1.88. The molecule has 0 amide bonds. The van der Waals surface area contributed by atoms with Gasteiger partial charge >= 0.3 is 11.9 Å². The van der Waals surface area contributed by atoms with E-state index in [1.54, 1.807) is 0 Å². The number of carbonyl (C=O) groups excluding carboxylic acids is 2. The largest absolute Gasteiger partial charge is 0.466 e. The van der Waals surface area contributed by atoms with E-state index in [4.69, 9.17) is 9.47 Å². The molecule has 0 spiro atoms. The molecule has 3 aliphatic rings. The Bertz CT molecular complexity index is 655. The molecule has 3 saturated carbocycles. The van der Waals surface area contributed by atoms with Gasteiger partial charge in [-0.05, 0) is 86.9 Å². The van der Waals surface area contributed by atoms with Gasteiger partial charge in [0.25, 0.3) is 0 Å². The maximum absolute atomic E-state index is 11.5. The molecule has 4 heteroatoms. The van der Waals surface area contributed by atoms with E-state index in [1.807, 2.05) is 0 Å². The molecule has 0 bridgehead atoms. The van der Waals surface area contributed by atoms with Gasteiger partial charge in [0.05, 0.1) is 6.61 Å². The fourth-order valence-electron chi connectivity index (χ4n) is 7.17. The van der Waals surface area contributed by atoms with Crippen molar-refractivity contribution in [3.05, 3.63) is 12.2 Å². The Morgan fingerprint density at radius 3 is 2.17 bits per heavy atom. The summed E-state index contributed by atoms with van der Waals surface area (Å²) in [4.78, 5) is 23.0. The van der Waals surface area contributed by atoms with E-state index in [1.165, 1.54) is 51.5 Å². The molecule has 3 fully saturated rings. The van der Waals surface area contributed by atoms with E-state index in [0.717, 1.165) is 25.2 Å². The average molecular weight is 405 g/mol. The number of ether oxygens (including phenoxy) is 2. The zero-order valence-electron chi connectivity index (χ0n) is 19.1. The maximum Gasteiger partial charge on any atom is 0.302 e. The van der Waals surface area contributed by atoms with Crippen molar-refractivity contribution in [2.75, 3.05) is 6.61 Å². The molecule has 0 N–H and O–H groups in total. The van der Waals surface area contributed by atoms with Crippen molar-refractivity contribution in [2.24, 2.45) is 34.5 Å². The second-order valence-corrected chi connectivity index (χ2v) is 10.7. The summed E-state index contributed by atoms with van der Waals surface area (Å²) < 4.78 is 11.0. The second-order valence-electron chi connectivity index (χ2n) is 10.7. The Morgan fingerprint density at radius 1 is 0.897 bits per heavy atom. The normalized spacial score (nSPS) is 42.0. The van der Waals surface area contributed by atoms with E-state index in [0.29, 0.717) is 23.9 Å². The Morgan fingerprint density at radius 2 is 1.55 bits per heavy atom. The summed E-state index contributed by atoms with van der Waals surface area (Å²) in [5, 5.41) is 0. The van der Waals surface area contributed by atoms with Crippen LogP contribution in [0.3, 0.4) is 0 Å². The molecule has 0 aromatic heterocycles. The van der Waals surface area contributed by atoms with Crippen LogP contribution in [0.15, 0.2) is 12.2 Å². The van der Waals surface area contributed by atoms with Gasteiger partial charge in [-0.2, -0.15) is 0 Å². The maximum atomic E-state index is 11.5. The zero-order valence-corrected chi connectivity index (χ0v) is 19.1. The van der Waals surface area contributed by atoms with Crippen LogP contribution in [0, 0.1) is 34.5 Å². The number of carbonyl (C=O) groups is 2. The number of hydrogen-bond donors (Lipinski definition) is 0. The molecule has 164 valence electrons. The monoisotopic (exact) mass is 404 g/mol. The molecule has 29 heavy (non-hydrogen) atoms. The van der Waals surface area contributed by atoms with Crippen molar-refractivity contribution in [3.63, 3.8) is 0 Å². The third kappa shape index (κ3) is 4.41. The van der Waals surface area contributed by atoms with Crippen LogP contribution in [-0.4, -0.2) is 24.6 Å². The van der Waals surface area contributed by atoms with E-state index >= 15 is 0 Å². The zero-order chi connectivity index (χ0) is 21.4. The smallest absolute Gasteiger partial charge is 0.302 e. The van der Waals surface area contributed by atoms with Crippen LogP contribution in [0.1, 0.15) is 86.0 Å². The van der Waals surface area contributed by atoms with Crippen molar-refractivity contribution in [3.8, 4) is 0 Å². The van der Waals surface area contributed by atoms with E-state index in [9.17, 15) is 9.59 Å². The van der Waals surface area contributed by atoms with Crippen molar-refractivity contribution in [2.45, 2.75) is 92.1 Å². The van der Waals surface area contributed by atoms with Gasteiger partial charge in [-0.1, -0.05) is 26.0 Å². The fraction of sp³-hybridized carbons (Fsp3) is 0.840. The van der Waals surface area contributed by atoms with Gasteiger partial charge in [0.2, 0.25) is 0 Å². The highest BCUT2D eigenvalue weighted by Gasteiger charge is 2.54. The molecule has 0 aromatic rings. The molecule has 4 nitrogen and oxygen atoms in total. The predicted octanol–water partition coefficient (Wildman–Crippen LogP) is 5.70. The SMILES string of the molecule is C=C(C)[C@H]1CCC2CC([C@@]3(C)CC[C@H](OC(C)=O)C[C@@H]3COC(C)=O)CC[C@@]21C. The van der Waals surface area contributed by atoms with Gasteiger partial charge in [-0.25, -0.2) is 0 Å². The minimum absolute atomic E-state index is 0.0470. The molecule has 0 saturated heterocycles. The van der Waals surface area contributed by atoms with Crippen LogP contribution >= 0.6 is 0 Å². The summed E-state index contributed by atoms with van der Waals surface area (Å²) in [6, 6.07) is 0. The van der Waals surface area contributed by atoms with Crippen molar-refractivity contribution < 1.29 is 19.1 Å². The Hall–Kier alpha value is -1.32. The lowest BCUT2D eigenvalue weighted by Crippen LogP contribution is -2.48. The molecule has 3 rings (SSSR count). The minimum Gasteiger partial charge on any atom is -0.466 e. The molecule has 0 heterocycles. The Balaban J connectivity index is 1.75. The van der Waals surface area contributed by atoms with Crippen LogP contribution in [0.5, 0.6) is 0 Å². The standard InChI is InChI=1S/C25H40O4/c1-16(2)23-8-7-19-13-20(9-11-25(19,23)6)24(5)12-10-22(29-18(4)27)14-21(24)15-28-17(3)26/h19-23H,1,7-15H2,2-6H3/t19?,20?,21-,22+,23-,24-,25+/m1/s1. The average Bonchev–Trinajstić information content (AvgIpc) is 2.98. The number of allylic oxidation sites excluding steroid dienone is 1. The lowest BCUT2D eigenvalue weighted by molar-refractivity contribution is -0.159. The van der Waals surface area contributed by atoms with Crippen LogP contribution in [0.2, 0.25) is 0 Å². The van der Waals surface area contributed by atoms with Crippen molar-refractivity contribution >= 4 is 11.9 Å². The first kappa shape index (κ1) is 22.4. The number of fused-ring (bicyclic) bond motifs is 1. The number of esters is 2. The molecular weight excluding hydrogens is 364 g/mol. The van der Waals surface area contributed by atoms with Gasteiger partial charge in [0.1, 0.15) is 6.10 Å². The Kier molecular flexibility index (Phi) is 6.50. The second kappa shape index (κ2) is 8.43. The first-order valence-electron chi connectivity index (χ1n) is 11.5. The van der Waals surface area contributed by atoms with Gasteiger partial charge in [0.15, 0.2) is 0 Å². The molecular formula is C25H40O4. The van der Waals surface area contributed by atoms with Crippen LogP contribution in [0.4, 0.5) is 0 Å². The first-order valence-corrected chi connectivity index (χ1v) is 11.5. The minimum atomic E-state index is -0.224. The third-order valence-electron chi connectivity index (χ3n) is 8.97. The summed E-state index contributed by atoms with van der Waals surface area (Å²) in [5.41, 5.74) is 1.89. The van der Waals surface area contributed by atoms with Crippen molar-refractivity contribution in [1.29, 1.82) is 0 Å². The number of hydrogen-bond acceptors (Lipinski definition) is 4.